The molecule has 2 aromatic carbocycles. The van der Waals surface area contributed by atoms with Crippen molar-refractivity contribution in [1.82, 2.24) is 5.32 Å². The van der Waals surface area contributed by atoms with E-state index in [0.717, 1.165) is 34.7 Å². The molecule has 0 radical (unpaired) electrons. The van der Waals surface area contributed by atoms with Crippen molar-refractivity contribution in [3.63, 3.8) is 0 Å². The van der Waals surface area contributed by atoms with Crippen LogP contribution in [0.25, 0.3) is 0 Å². The van der Waals surface area contributed by atoms with Crippen LogP contribution in [0, 0.1) is 12.7 Å². The standard InChI is InChI=1S/C19H21ClFNO2/c1-13-10-14(12-16(20)11-13)6-8-23-19-18(22-7-9-24-19)15-2-4-17(21)5-3-15/h2-5,10-12,18-19,22H,6-9H2,1H3/t18-,19+/m0/s1. The molecule has 0 aliphatic carbocycles. The lowest BCUT2D eigenvalue weighted by atomic mass is 10.1. The molecular weight excluding hydrogens is 329 g/mol. The normalized spacial score (nSPS) is 21.0. The first-order valence-corrected chi connectivity index (χ1v) is 8.48. The molecule has 3 nitrogen and oxygen atoms in total. The van der Waals surface area contributed by atoms with Gasteiger partial charge in [0.1, 0.15) is 5.82 Å². The van der Waals surface area contributed by atoms with Gasteiger partial charge in [-0.05, 0) is 54.3 Å². The third-order valence-corrected chi connectivity index (χ3v) is 4.24. The number of hydrogen-bond acceptors (Lipinski definition) is 3. The molecule has 2 atom stereocenters. The van der Waals surface area contributed by atoms with Crippen LogP contribution in [-0.2, 0) is 15.9 Å². The summed E-state index contributed by atoms with van der Waals surface area (Å²) in [4.78, 5) is 0. The highest BCUT2D eigenvalue weighted by Gasteiger charge is 2.27. The fourth-order valence-corrected chi connectivity index (χ4v) is 3.23. The molecule has 0 aromatic heterocycles. The minimum atomic E-state index is -0.385. The number of morpholine rings is 1. The zero-order chi connectivity index (χ0) is 16.9. The Morgan fingerprint density at radius 1 is 1.25 bits per heavy atom. The van der Waals surface area contributed by atoms with Gasteiger partial charge in [0, 0.05) is 11.6 Å². The minimum absolute atomic E-state index is 0.0968. The van der Waals surface area contributed by atoms with Gasteiger partial charge in [0.15, 0.2) is 6.29 Å². The number of halogens is 2. The van der Waals surface area contributed by atoms with E-state index < -0.39 is 0 Å². The molecule has 1 fully saturated rings. The molecule has 1 aliphatic rings. The summed E-state index contributed by atoms with van der Waals surface area (Å²) < 4.78 is 24.8. The van der Waals surface area contributed by atoms with Crippen molar-refractivity contribution in [3.8, 4) is 0 Å². The van der Waals surface area contributed by atoms with Crippen LogP contribution in [0.5, 0.6) is 0 Å². The van der Waals surface area contributed by atoms with E-state index in [9.17, 15) is 4.39 Å². The Morgan fingerprint density at radius 2 is 2.04 bits per heavy atom. The van der Waals surface area contributed by atoms with Gasteiger partial charge in [-0.1, -0.05) is 29.8 Å². The first-order valence-electron chi connectivity index (χ1n) is 8.10. The number of ether oxygens (including phenoxy) is 2. The molecule has 3 rings (SSSR count). The number of nitrogens with one attached hydrogen (secondary N) is 1. The molecule has 1 N–H and O–H groups in total. The molecule has 1 heterocycles. The molecule has 0 bridgehead atoms. The average molecular weight is 350 g/mol. The molecule has 1 saturated heterocycles. The Morgan fingerprint density at radius 3 is 2.79 bits per heavy atom. The highest BCUT2D eigenvalue weighted by molar-refractivity contribution is 6.30. The topological polar surface area (TPSA) is 30.5 Å². The Balaban J connectivity index is 1.60. The van der Waals surface area contributed by atoms with Crippen LogP contribution in [0.1, 0.15) is 22.7 Å². The summed E-state index contributed by atoms with van der Waals surface area (Å²) in [7, 11) is 0. The van der Waals surface area contributed by atoms with Gasteiger partial charge in [-0.3, -0.25) is 0 Å². The predicted molar refractivity (Wildman–Crippen MR) is 92.7 cm³/mol. The molecule has 5 heteroatoms. The lowest BCUT2D eigenvalue weighted by Gasteiger charge is -2.33. The van der Waals surface area contributed by atoms with Crippen LogP contribution in [0.2, 0.25) is 5.02 Å². The molecule has 0 amide bonds. The second-order valence-electron chi connectivity index (χ2n) is 5.98. The Bertz CT molecular complexity index is 657. The fraction of sp³-hybridized carbons (Fsp3) is 0.368. The van der Waals surface area contributed by atoms with Crippen molar-refractivity contribution in [2.45, 2.75) is 25.7 Å². The third kappa shape index (κ3) is 4.54. The van der Waals surface area contributed by atoms with Crippen molar-refractivity contribution in [1.29, 1.82) is 0 Å². The molecule has 1 aliphatic heterocycles. The van der Waals surface area contributed by atoms with E-state index >= 15 is 0 Å². The molecule has 128 valence electrons. The summed E-state index contributed by atoms with van der Waals surface area (Å²) in [6.07, 6.45) is 0.377. The maximum Gasteiger partial charge on any atom is 0.176 e. The van der Waals surface area contributed by atoms with Gasteiger partial charge in [0.05, 0.1) is 19.3 Å². The Hall–Kier alpha value is -1.46. The van der Waals surface area contributed by atoms with Crippen LogP contribution >= 0.6 is 11.6 Å². The van der Waals surface area contributed by atoms with Crippen molar-refractivity contribution in [2.75, 3.05) is 19.8 Å². The highest BCUT2D eigenvalue weighted by atomic mass is 35.5. The van der Waals surface area contributed by atoms with Crippen LogP contribution in [-0.4, -0.2) is 26.0 Å². The molecule has 0 unspecified atom stereocenters. The maximum absolute atomic E-state index is 13.1. The van der Waals surface area contributed by atoms with Crippen LogP contribution in [0.15, 0.2) is 42.5 Å². The Kier molecular flexibility index (Phi) is 5.85. The number of rotatable bonds is 5. The lowest BCUT2D eigenvalue weighted by molar-refractivity contribution is -0.176. The van der Waals surface area contributed by atoms with Gasteiger partial charge in [-0.2, -0.15) is 0 Å². The smallest absolute Gasteiger partial charge is 0.176 e. The van der Waals surface area contributed by atoms with E-state index in [1.807, 2.05) is 19.1 Å². The first kappa shape index (κ1) is 17.4. The number of aryl methyl sites for hydroxylation is 1. The summed E-state index contributed by atoms with van der Waals surface area (Å²) in [5.74, 6) is -0.246. The van der Waals surface area contributed by atoms with Gasteiger partial charge in [0.2, 0.25) is 0 Å². The van der Waals surface area contributed by atoms with Crippen LogP contribution < -0.4 is 5.32 Å². The predicted octanol–water partition coefficient (Wildman–Crippen LogP) is 4.03. The van der Waals surface area contributed by atoms with Gasteiger partial charge >= 0.3 is 0 Å². The fourth-order valence-electron chi connectivity index (χ4n) is 2.92. The quantitative estimate of drug-likeness (QED) is 0.884. The van der Waals surface area contributed by atoms with Gasteiger partial charge in [-0.25, -0.2) is 4.39 Å². The lowest BCUT2D eigenvalue weighted by Crippen LogP contribution is -2.43. The largest absolute Gasteiger partial charge is 0.350 e. The van der Waals surface area contributed by atoms with Crippen molar-refractivity contribution in [3.05, 3.63) is 70.0 Å². The summed E-state index contributed by atoms with van der Waals surface area (Å²) >= 11 is 6.09. The molecule has 2 aromatic rings. The van der Waals surface area contributed by atoms with Crippen LogP contribution in [0.4, 0.5) is 4.39 Å². The Labute approximate surface area is 146 Å². The molecule has 0 spiro atoms. The maximum atomic E-state index is 13.1. The average Bonchev–Trinajstić information content (AvgIpc) is 2.55. The SMILES string of the molecule is Cc1cc(Cl)cc(CCO[C@@H]2OCCN[C@H]2c2ccc(F)cc2)c1. The van der Waals surface area contributed by atoms with E-state index in [2.05, 4.69) is 11.4 Å². The first-order chi connectivity index (χ1) is 11.6. The minimum Gasteiger partial charge on any atom is -0.350 e. The summed E-state index contributed by atoms with van der Waals surface area (Å²) in [6, 6.07) is 12.3. The molecular formula is C19H21ClFNO2. The van der Waals surface area contributed by atoms with Crippen molar-refractivity contribution >= 4 is 11.6 Å². The molecule has 0 saturated carbocycles. The zero-order valence-corrected chi connectivity index (χ0v) is 14.4. The van der Waals surface area contributed by atoms with E-state index in [1.165, 1.54) is 12.1 Å². The second kappa shape index (κ2) is 8.08. The van der Waals surface area contributed by atoms with Gasteiger partial charge in [-0.15, -0.1) is 0 Å². The van der Waals surface area contributed by atoms with E-state index in [0.29, 0.717) is 13.2 Å². The number of benzene rings is 2. The van der Waals surface area contributed by atoms with Crippen LogP contribution in [0.3, 0.4) is 0 Å². The van der Waals surface area contributed by atoms with E-state index in [-0.39, 0.29) is 18.1 Å². The van der Waals surface area contributed by atoms with Gasteiger partial charge in [0.25, 0.3) is 0 Å². The summed E-state index contributed by atoms with van der Waals surface area (Å²) in [5, 5.41) is 4.12. The second-order valence-corrected chi connectivity index (χ2v) is 6.42. The zero-order valence-electron chi connectivity index (χ0n) is 13.6. The summed E-state index contributed by atoms with van der Waals surface area (Å²) in [5.41, 5.74) is 3.24. The molecule has 24 heavy (non-hydrogen) atoms. The van der Waals surface area contributed by atoms with E-state index in [4.69, 9.17) is 21.1 Å². The number of hydrogen-bond donors (Lipinski definition) is 1. The van der Waals surface area contributed by atoms with Gasteiger partial charge < -0.3 is 14.8 Å². The van der Waals surface area contributed by atoms with Crippen molar-refractivity contribution in [2.24, 2.45) is 0 Å². The van der Waals surface area contributed by atoms with E-state index in [1.54, 1.807) is 12.1 Å². The summed E-state index contributed by atoms with van der Waals surface area (Å²) in [6.45, 7) is 3.90. The highest BCUT2D eigenvalue weighted by Crippen LogP contribution is 2.23. The third-order valence-electron chi connectivity index (χ3n) is 4.02. The van der Waals surface area contributed by atoms with Crippen molar-refractivity contribution < 1.29 is 13.9 Å². The monoisotopic (exact) mass is 349 g/mol.